The highest BCUT2D eigenvalue weighted by atomic mass is 32.1. The molecule has 1 aliphatic rings. The van der Waals surface area contributed by atoms with Gasteiger partial charge in [-0.3, -0.25) is 14.4 Å². The minimum Gasteiger partial charge on any atom is -0.383 e. The van der Waals surface area contributed by atoms with E-state index in [1.54, 1.807) is 18.4 Å². The average molecular weight is 427 g/mol. The Morgan fingerprint density at radius 2 is 2.20 bits per heavy atom. The molecule has 1 aliphatic heterocycles. The van der Waals surface area contributed by atoms with Gasteiger partial charge in [-0.15, -0.1) is 11.3 Å². The zero-order valence-electron chi connectivity index (χ0n) is 18.0. The van der Waals surface area contributed by atoms with Gasteiger partial charge in [-0.05, 0) is 49.7 Å². The van der Waals surface area contributed by atoms with E-state index in [-0.39, 0.29) is 5.91 Å². The number of thiophene rings is 1. The monoisotopic (exact) mass is 426 g/mol. The van der Waals surface area contributed by atoms with Gasteiger partial charge in [0, 0.05) is 49.7 Å². The number of rotatable bonds is 8. The van der Waals surface area contributed by atoms with E-state index in [2.05, 4.69) is 46.6 Å². The van der Waals surface area contributed by atoms with Crippen LogP contribution in [-0.2, 0) is 24.8 Å². The second-order valence-electron chi connectivity index (χ2n) is 8.04. The van der Waals surface area contributed by atoms with Gasteiger partial charge in [0.25, 0.3) is 5.91 Å². The lowest BCUT2D eigenvalue weighted by Crippen LogP contribution is -2.32. The summed E-state index contributed by atoms with van der Waals surface area (Å²) >= 11 is 1.60. The van der Waals surface area contributed by atoms with Gasteiger partial charge in [-0.25, -0.2) is 0 Å². The number of amides is 1. The summed E-state index contributed by atoms with van der Waals surface area (Å²) in [5.41, 5.74) is 3.57. The van der Waals surface area contributed by atoms with Gasteiger partial charge < -0.3 is 10.1 Å². The second kappa shape index (κ2) is 9.29. The van der Waals surface area contributed by atoms with E-state index in [9.17, 15) is 4.79 Å². The van der Waals surface area contributed by atoms with Crippen LogP contribution >= 0.6 is 11.3 Å². The maximum Gasteiger partial charge on any atom is 0.261 e. The molecule has 6 nitrogen and oxygen atoms in total. The van der Waals surface area contributed by atoms with Gasteiger partial charge >= 0.3 is 0 Å². The maximum atomic E-state index is 12.9. The van der Waals surface area contributed by atoms with Crippen molar-refractivity contribution in [3.05, 3.63) is 52.2 Å². The second-order valence-corrected chi connectivity index (χ2v) is 9.09. The van der Waals surface area contributed by atoms with E-state index in [1.807, 2.05) is 17.8 Å². The Morgan fingerprint density at radius 1 is 1.37 bits per heavy atom. The Bertz CT molecular complexity index is 1030. The van der Waals surface area contributed by atoms with Crippen molar-refractivity contribution in [2.45, 2.75) is 38.8 Å². The number of aromatic nitrogens is 2. The number of aryl methyl sites for hydroxylation is 2. The number of fused-ring (bicyclic) bond motifs is 1. The number of hydrogen-bond acceptors (Lipinski definition) is 5. The topological polar surface area (TPSA) is 59.4 Å². The number of methoxy groups -OCH3 is 1. The molecule has 1 fully saturated rings. The summed E-state index contributed by atoms with van der Waals surface area (Å²) in [6, 6.07) is 8.81. The van der Waals surface area contributed by atoms with Crippen LogP contribution in [0.15, 0.2) is 30.5 Å². The Hall–Kier alpha value is -2.22. The molecular weight excluding hydrogens is 396 g/mol. The standard InChI is InChI=1S/C23H30N4O2S/c1-16-17(14-26(2)25-16)15-27-11-6-7-18(27)13-20-19-8-4-5-9-21(19)30-22(20)23(28)24-10-12-29-3/h4-5,8-9,14,18H,6-7,10-13,15H2,1-3H3,(H,24,28)/t18-/m0/s1. The molecule has 0 unspecified atom stereocenters. The maximum absolute atomic E-state index is 12.9. The van der Waals surface area contributed by atoms with Crippen LogP contribution in [0.1, 0.15) is 39.3 Å². The molecule has 3 aromatic rings. The third kappa shape index (κ3) is 4.43. The largest absolute Gasteiger partial charge is 0.383 e. The van der Waals surface area contributed by atoms with Crippen molar-refractivity contribution in [3.63, 3.8) is 0 Å². The number of ether oxygens (including phenoxy) is 1. The summed E-state index contributed by atoms with van der Waals surface area (Å²) in [6.45, 7) is 5.14. The summed E-state index contributed by atoms with van der Waals surface area (Å²) in [5, 5.41) is 8.72. The molecule has 0 spiro atoms. The number of nitrogens with one attached hydrogen (secondary N) is 1. The van der Waals surface area contributed by atoms with Crippen LogP contribution in [0.25, 0.3) is 10.1 Å². The summed E-state index contributed by atoms with van der Waals surface area (Å²) in [6.07, 6.45) is 5.38. The first-order chi connectivity index (χ1) is 14.6. The minimum atomic E-state index is 0.0101. The van der Waals surface area contributed by atoms with Crippen molar-refractivity contribution >= 4 is 27.3 Å². The van der Waals surface area contributed by atoms with E-state index in [0.29, 0.717) is 19.2 Å². The van der Waals surface area contributed by atoms with Crippen LogP contribution in [0, 0.1) is 6.92 Å². The van der Waals surface area contributed by atoms with Crippen LogP contribution in [0.3, 0.4) is 0 Å². The number of hydrogen-bond donors (Lipinski definition) is 1. The van der Waals surface area contributed by atoms with Crippen molar-refractivity contribution in [1.29, 1.82) is 0 Å². The fourth-order valence-electron chi connectivity index (χ4n) is 4.42. The first-order valence-electron chi connectivity index (χ1n) is 10.6. The Morgan fingerprint density at radius 3 is 2.97 bits per heavy atom. The quantitative estimate of drug-likeness (QED) is 0.560. The van der Waals surface area contributed by atoms with E-state index in [4.69, 9.17) is 4.74 Å². The molecule has 4 rings (SSSR count). The molecule has 1 atom stereocenters. The lowest BCUT2D eigenvalue weighted by molar-refractivity contribution is 0.0940. The van der Waals surface area contributed by atoms with Crippen LogP contribution in [-0.4, -0.2) is 53.4 Å². The third-order valence-electron chi connectivity index (χ3n) is 5.92. The minimum absolute atomic E-state index is 0.0101. The van der Waals surface area contributed by atoms with Crippen molar-refractivity contribution in [1.82, 2.24) is 20.0 Å². The van der Waals surface area contributed by atoms with Crippen molar-refractivity contribution in [2.75, 3.05) is 26.8 Å². The lowest BCUT2D eigenvalue weighted by atomic mass is 10.00. The highest BCUT2D eigenvalue weighted by Gasteiger charge is 2.29. The van der Waals surface area contributed by atoms with Gasteiger partial charge in [0.15, 0.2) is 0 Å². The fourth-order valence-corrected chi connectivity index (χ4v) is 5.57. The van der Waals surface area contributed by atoms with Gasteiger partial charge in [0.1, 0.15) is 0 Å². The SMILES string of the molecule is COCCNC(=O)c1sc2ccccc2c1C[C@@H]1CCCN1Cc1cn(C)nc1C. The van der Waals surface area contributed by atoms with Gasteiger partial charge in [-0.1, -0.05) is 18.2 Å². The average Bonchev–Trinajstić information content (AvgIpc) is 3.41. The number of benzene rings is 1. The predicted octanol–water partition coefficient (Wildman–Crippen LogP) is 3.53. The Kier molecular flexibility index (Phi) is 6.51. The van der Waals surface area contributed by atoms with Crippen LogP contribution < -0.4 is 5.32 Å². The third-order valence-corrected chi connectivity index (χ3v) is 7.14. The summed E-state index contributed by atoms with van der Waals surface area (Å²) in [5.74, 6) is 0.0101. The molecule has 1 aromatic carbocycles. The van der Waals surface area contributed by atoms with Crippen LogP contribution in [0.4, 0.5) is 0 Å². The molecule has 30 heavy (non-hydrogen) atoms. The fraction of sp³-hybridized carbons (Fsp3) is 0.478. The predicted molar refractivity (Wildman–Crippen MR) is 121 cm³/mol. The van der Waals surface area contributed by atoms with Gasteiger partial charge in [-0.2, -0.15) is 5.10 Å². The molecule has 2 aromatic heterocycles. The van der Waals surface area contributed by atoms with Crippen molar-refractivity contribution in [3.8, 4) is 0 Å². The molecule has 0 saturated carbocycles. The summed E-state index contributed by atoms with van der Waals surface area (Å²) in [7, 11) is 3.62. The Labute approximate surface area is 181 Å². The molecule has 3 heterocycles. The van der Waals surface area contributed by atoms with Crippen molar-refractivity contribution in [2.24, 2.45) is 7.05 Å². The van der Waals surface area contributed by atoms with Gasteiger partial charge in [0.2, 0.25) is 0 Å². The molecule has 0 radical (unpaired) electrons. The van der Waals surface area contributed by atoms with Gasteiger partial charge in [0.05, 0.1) is 17.2 Å². The zero-order valence-corrected chi connectivity index (χ0v) is 18.8. The van der Waals surface area contributed by atoms with E-state index in [1.165, 1.54) is 27.6 Å². The van der Waals surface area contributed by atoms with Crippen LogP contribution in [0.2, 0.25) is 0 Å². The molecule has 160 valence electrons. The lowest BCUT2D eigenvalue weighted by Gasteiger charge is -2.24. The number of likely N-dealkylation sites (tertiary alicyclic amines) is 1. The van der Waals surface area contributed by atoms with E-state index < -0.39 is 0 Å². The first-order valence-corrected chi connectivity index (χ1v) is 11.4. The molecule has 1 amide bonds. The number of carbonyl (C=O) groups is 1. The summed E-state index contributed by atoms with van der Waals surface area (Å²) in [4.78, 5) is 16.3. The summed E-state index contributed by atoms with van der Waals surface area (Å²) < 4.78 is 8.15. The van der Waals surface area contributed by atoms with E-state index in [0.717, 1.165) is 36.5 Å². The van der Waals surface area contributed by atoms with E-state index >= 15 is 0 Å². The molecule has 1 N–H and O–H groups in total. The first kappa shape index (κ1) is 21.0. The smallest absolute Gasteiger partial charge is 0.261 e. The molecule has 0 aliphatic carbocycles. The molecule has 0 bridgehead atoms. The highest BCUT2D eigenvalue weighted by molar-refractivity contribution is 7.21. The number of nitrogens with zero attached hydrogens (tertiary/aromatic N) is 3. The molecule has 7 heteroatoms. The number of carbonyl (C=O) groups excluding carboxylic acids is 1. The molecule has 1 saturated heterocycles. The Balaban J connectivity index is 1.58. The van der Waals surface area contributed by atoms with Crippen molar-refractivity contribution < 1.29 is 9.53 Å². The molecular formula is C23H30N4O2S. The normalized spacial score (nSPS) is 17.1. The highest BCUT2D eigenvalue weighted by Crippen LogP contribution is 2.34. The zero-order chi connectivity index (χ0) is 21.1. The van der Waals surface area contributed by atoms with Crippen LogP contribution in [0.5, 0.6) is 0 Å².